The standard InChI is InChI=1S/C11H20BNO5/c1-2-10(14)13-6-8(4-3-5-12(17)18)9(7-13)11(15)16/h8-9,17-18H,2-7H2,1H3,(H,15,16). The second-order valence-corrected chi connectivity index (χ2v) is 4.77. The quantitative estimate of drug-likeness (QED) is 0.573. The van der Waals surface area contributed by atoms with Crippen molar-refractivity contribution in [2.75, 3.05) is 13.1 Å². The zero-order valence-corrected chi connectivity index (χ0v) is 10.6. The van der Waals surface area contributed by atoms with Crippen molar-refractivity contribution in [3.63, 3.8) is 0 Å². The molecule has 0 aliphatic carbocycles. The highest BCUT2D eigenvalue weighted by atomic mass is 16.4. The van der Waals surface area contributed by atoms with Crippen molar-refractivity contribution in [1.82, 2.24) is 4.90 Å². The Morgan fingerprint density at radius 1 is 1.33 bits per heavy atom. The number of aliphatic carboxylic acids is 1. The van der Waals surface area contributed by atoms with Gasteiger partial charge in [-0.3, -0.25) is 9.59 Å². The van der Waals surface area contributed by atoms with E-state index in [1.54, 1.807) is 11.8 Å². The maximum Gasteiger partial charge on any atom is 0.451 e. The number of carboxylic acid groups (broad SMARTS) is 1. The molecule has 0 aromatic rings. The molecule has 0 aromatic carbocycles. The van der Waals surface area contributed by atoms with Gasteiger partial charge < -0.3 is 20.1 Å². The molecule has 0 bridgehead atoms. The minimum Gasteiger partial charge on any atom is -0.481 e. The van der Waals surface area contributed by atoms with Gasteiger partial charge in [0.2, 0.25) is 5.91 Å². The minimum absolute atomic E-state index is 0.0223. The Labute approximate surface area is 107 Å². The Kier molecular flexibility index (Phi) is 5.62. The van der Waals surface area contributed by atoms with Gasteiger partial charge >= 0.3 is 13.1 Å². The smallest absolute Gasteiger partial charge is 0.451 e. The molecule has 3 N–H and O–H groups in total. The normalized spacial score (nSPS) is 23.2. The monoisotopic (exact) mass is 257 g/mol. The number of hydrogen-bond acceptors (Lipinski definition) is 4. The van der Waals surface area contributed by atoms with Crippen LogP contribution in [0.2, 0.25) is 6.32 Å². The third-order valence-corrected chi connectivity index (χ3v) is 3.45. The zero-order valence-electron chi connectivity index (χ0n) is 10.6. The van der Waals surface area contributed by atoms with Gasteiger partial charge in [-0.15, -0.1) is 0 Å². The van der Waals surface area contributed by atoms with Crippen LogP contribution in [0.25, 0.3) is 0 Å². The second kappa shape index (κ2) is 6.75. The number of carbonyl (C=O) groups excluding carboxylic acids is 1. The van der Waals surface area contributed by atoms with Gasteiger partial charge in [0.05, 0.1) is 5.92 Å². The molecule has 0 radical (unpaired) electrons. The summed E-state index contributed by atoms with van der Waals surface area (Å²) in [6.45, 7) is 2.49. The molecule has 1 saturated heterocycles. The maximum atomic E-state index is 11.6. The number of nitrogens with zero attached hydrogens (tertiary/aromatic N) is 1. The van der Waals surface area contributed by atoms with Crippen molar-refractivity contribution >= 4 is 19.0 Å². The van der Waals surface area contributed by atoms with Crippen molar-refractivity contribution in [1.29, 1.82) is 0 Å². The van der Waals surface area contributed by atoms with Crippen LogP contribution in [-0.4, -0.2) is 52.1 Å². The van der Waals surface area contributed by atoms with Crippen LogP contribution in [0.15, 0.2) is 0 Å². The third kappa shape index (κ3) is 3.99. The molecule has 1 aliphatic heterocycles. The Hall–Kier alpha value is -1.08. The van der Waals surface area contributed by atoms with Crippen LogP contribution in [0.3, 0.4) is 0 Å². The van der Waals surface area contributed by atoms with Crippen molar-refractivity contribution in [3.05, 3.63) is 0 Å². The lowest BCUT2D eigenvalue weighted by Gasteiger charge is -2.15. The summed E-state index contributed by atoms with van der Waals surface area (Å²) in [7, 11) is -1.34. The molecule has 1 fully saturated rings. The molecular formula is C11H20BNO5. The van der Waals surface area contributed by atoms with Crippen LogP contribution in [0.5, 0.6) is 0 Å². The van der Waals surface area contributed by atoms with Crippen LogP contribution < -0.4 is 0 Å². The van der Waals surface area contributed by atoms with Gasteiger partial charge in [0.1, 0.15) is 0 Å². The highest BCUT2D eigenvalue weighted by Crippen LogP contribution is 2.28. The maximum absolute atomic E-state index is 11.6. The molecule has 0 aromatic heterocycles. The summed E-state index contributed by atoms with van der Waals surface area (Å²) in [5.74, 6) is -1.52. The summed E-state index contributed by atoms with van der Waals surface area (Å²) in [5.41, 5.74) is 0. The molecule has 1 aliphatic rings. The lowest BCUT2D eigenvalue weighted by Crippen LogP contribution is -2.29. The summed E-state index contributed by atoms with van der Waals surface area (Å²) in [5, 5.41) is 26.6. The molecule has 102 valence electrons. The van der Waals surface area contributed by atoms with E-state index in [0.717, 1.165) is 0 Å². The molecule has 7 heteroatoms. The average molecular weight is 257 g/mol. The van der Waals surface area contributed by atoms with E-state index in [4.69, 9.17) is 15.2 Å². The highest BCUT2D eigenvalue weighted by Gasteiger charge is 2.38. The molecular weight excluding hydrogens is 237 g/mol. The molecule has 2 atom stereocenters. The molecule has 0 spiro atoms. The van der Waals surface area contributed by atoms with Gasteiger partial charge in [-0.05, 0) is 18.7 Å². The summed E-state index contributed by atoms with van der Waals surface area (Å²) >= 11 is 0. The summed E-state index contributed by atoms with van der Waals surface area (Å²) in [6.07, 6.45) is 1.78. The molecule has 6 nitrogen and oxygen atoms in total. The summed E-state index contributed by atoms with van der Waals surface area (Å²) in [4.78, 5) is 24.3. The first-order valence-electron chi connectivity index (χ1n) is 6.32. The Bertz CT molecular complexity index is 310. The largest absolute Gasteiger partial charge is 0.481 e. The van der Waals surface area contributed by atoms with Gasteiger partial charge in [-0.25, -0.2) is 0 Å². The summed E-state index contributed by atoms with van der Waals surface area (Å²) in [6, 6.07) is 0. The van der Waals surface area contributed by atoms with Gasteiger partial charge in [0.25, 0.3) is 0 Å². The van der Waals surface area contributed by atoms with E-state index in [9.17, 15) is 9.59 Å². The Morgan fingerprint density at radius 3 is 2.50 bits per heavy atom. The summed E-state index contributed by atoms with van der Waals surface area (Å²) < 4.78 is 0. The first-order chi connectivity index (χ1) is 8.45. The van der Waals surface area contributed by atoms with Crippen LogP contribution in [0, 0.1) is 11.8 Å². The van der Waals surface area contributed by atoms with Crippen molar-refractivity contribution in [3.8, 4) is 0 Å². The number of carbonyl (C=O) groups is 2. The van der Waals surface area contributed by atoms with Crippen LogP contribution in [0.1, 0.15) is 26.2 Å². The number of rotatable bonds is 6. The highest BCUT2D eigenvalue weighted by molar-refractivity contribution is 6.40. The van der Waals surface area contributed by atoms with Gasteiger partial charge in [0.15, 0.2) is 0 Å². The van der Waals surface area contributed by atoms with Gasteiger partial charge in [0, 0.05) is 19.5 Å². The lowest BCUT2D eigenvalue weighted by atomic mass is 9.80. The van der Waals surface area contributed by atoms with E-state index >= 15 is 0 Å². The molecule has 2 unspecified atom stereocenters. The molecule has 1 rings (SSSR count). The van der Waals surface area contributed by atoms with Crippen LogP contribution >= 0.6 is 0 Å². The average Bonchev–Trinajstić information content (AvgIpc) is 2.72. The van der Waals surface area contributed by atoms with E-state index in [-0.39, 0.29) is 24.7 Å². The Balaban J connectivity index is 2.53. The van der Waals surface area contributed by atoms with Crippen LogP contribution in [0.4, 0.5) is 0 Å². The van der Waals surface area contributed by atoms with Crippen molar-refractivity contribution in [2.24, 2.45) is 11.8 Å². The number of amides is 1. The molecule has 18 heavy (non-hydrogen) atoms. The number of carboxylic acids is 1. The van der Waals surface area contributed by atoms with E-state index < -0.39 is 19.0 Å². The molecule has 1 amide bonds. The number of likely N-dealkylation sites (tertiary alicyclic amines) is 1. The molecule has 1 heterocycles. The predicted octanol–water partition coefficient (Wildman–Crippen LogP) is -0.191. The predicted molar refractivity (Wildman–Crippen MR) is 65.7 cm³/mol. The first-order valence-corrected chi connectivity index (χ1v) is 6.32. The van der Waals surface area contributed by atoms with Crippen molar-refractivity contribution < 1.29 is 24.7 Å². The van der Waals surface area contributed by atoms with E-state index in [2.05, 4.69) is 0 Å². The SMILES string of the molecule is CCC(=O)N1CC(CCCB(O)O)C(C(=O)O)C1. The first kappa shape index (κ1) is 15.0. The van der Waals surface area contributed by atoms with Gasteiger partial charge in [-0.2, -0.15) is 0 Å². The minimum atomic E-state index is -1.34. The molecule has 0 saturated carbocycles. The van der Waals surface area contributed by atoms with Gasteiger partial charge in [-0.1, -0.05) is 13.3 Å². The van der Waals surface area contributed by atoms with Crippen LogP contribution in [-0.2, 0) is 9.59 Å². The fraction of sp³-hybridized carbons (Fsp3) is 0.818. The topological polar surface area (TPSA) is 98.1 Å². The van der Waals surface area contributed by atoms with E-state index in [1.807, 2.05) is 0 Å². The second-order valence-electron chi connectivity index (χ2n) is 4.77. The van der Waals surface area contributed by atoms with E-state index in [1.165, 1.54) is 0 Å². The van der Waals surface area contributed by atoms with E-state index in [0.29, 0.717) is 25.8 Å². The fourth-order valence-electron chi connectivity index (χ4n) is 2.43. The zero-order chi connectivity index (χ0) is 13.7. The lowest BCUT2D eigenvalue weighted by molar-refractivity contribution is -0.142. The van der Waals surface area contributed by atoms with Crippen molar-refractivity contribution in [2.45, 2.75) is 32.5 Å². The Morgan fingerprint density at radius 2 is 2.00 bits per heavy atom. The number of hydrogen-bond donors (Lipinski definition) is 3. The third-order valence-electron chi connectivity index (χ3n) is 3.45. The fourth-order valence-corrected chi connectivity index (χ4v) is 2.43.